The number of aromatic nitrogens is 2. The van der Waals surface area contributed by atoms with Gasteiger partial charge in [-0.15, -0.1) is 11.3 Å². The topological polar surface area (TPSA) is 50.2 Å². The van der Waals surface area contributed by atoms with Gasteiger partial charge >= 0.3 is 0 Å². The molecule has 0 aliphatic carbocycles. The van der Waals surface area contributed by atoms with Gasteiger partial charge in [-0.25, -0.2) is 4.98 Å². The predicted octanol–water partition coefficient (Wildman–Crippen LogP) is 1.20. The van der Waals surface area contributed by atoms with E-state index in [0.29, 0.717) is 6.54 Å². The minimum absolute atomic E-state index is 0.0883. The van der Waals surface area contributed by atoms with E-state index in [2.05, 4.69) is 10.2 Å². The van der Waals surface area contributed by atoms with Crippen molar-refractivity contribution in [3.63, 3.8) is 0 Å². The van der Waals surface area contributed by atoms with E-state index in [0.717, 1.165) is 47.2 Å². The molecule has 2 aromatic heterocycles. The molecule has 0 bridgehead atoms. The summed E-state index contributed by atoms with van der Waals surface area (Å²) in [5.41, 5.74) is 0.0883. The number of nitrogens with one attached hydrogen (secondary N) is 1. The van der Waals surface area contributed by atoms with Crippen molar-refractivity contribution >= 4 is 27.5 Å². The van der Waals surface area contributed by atoms with Gasteiger partial charge in [0.25, 0.3) is 5.56 Å². The van der Waals surface area contributed by atoms with Crippen LogP contribution in [0.1, 0.15) is 11.8 Å². The summed E-state index contributed by atoms with van der Waals surface area (Å²) in [5, 5.41) is 4.08. The van der Waals surface area contributed by atoms with Gasteiger partial charge in [-0.3, -0.25) is 9.36 Å². The molecule has 102 valence electrons. The maximum absolute atomic E-state index is 12.5. The maximum atomic E-state index is 12.5. The SMILES string of the molecule is CCn1c(N2CCNCC2)nc2sc(C)cc2c1=O. The lowest BCUT2D eigenvalue weighted by Crippen LogP contribution is -2.46. The zero-order valence-electron chi connectivity index (χ0n) is 11.3. The molecule has 1 aliphatic heterocycles. The van der Waals surface area contributed by atoms with E-state index in [9.17, 15) is 4.79 Å². The number of anilines is 1. The molecule has 2 aromatic rings. The maximum Gasteiger partial charge on any atom is 0.263 e. The second kappa shape index (κ2) is 4.94. The Kier molecular flexibility index (Phi) is 3.28. The van der Waals surface area contributed by atoms with Crippen molar-refractivity contribution in [3.05, 3.63) is 21.3 Å². The molecule has 0 amide bonds. The minimum Gasteiger partial charge on any atom is -0.340 e. The van der Waals surface area contributed by atoms with E-state index in [1.807, 2.05) is 19.9 Å². The smallest absolute Gasteiger partial charge is 0.263 e. The highest BCUT2D eigenvalue weighted by molar-refractivity contribution is 7.18. The number of piperazine rings is 1. The lowest BCUT2D eigenvalue weighted by atomic mass is 10.3. The second-order valence-corrected chi connectivity index (χ2v) is 6.01. The van der Waals surface area contributed by atoms with Crippen LogP contribution in [0, 0.1) is 6.92 Å². The Balaban J connectivity index is 2.19. The molecule has 0 radical (unpaired) electrons. The first-order chi connectivity index (χ1) is 9.20. The molecule has 1 N–H and O–H groups in total. The molecule has 1 aliphatic rings. The van der Waals surface area contributed by atoms with Crippen LogP contribution in [0.5, 0.6) is 0 Å². The van der Waals surface area contributed by atoms with Crippen molar-refractivity contribution in [2.75, 3.05) is 31.1 Å². The molecule has 0 saturated carbocycles. The number of rotatable bonds is 2. The molecule has 0 spiro atoms. The summed E-state index contributed by atoms with van der Waals surface area (Å²) in [7, 11) is 0. The summed E-state index contributed by atoms with van der Waals surface area (Å²) >= 11 is 1.60. The van der Waals surface area contributed by atoms with Crippen LogP contribution in [-0.4, -0.2) is 35.7 Å². The molecule has 0 atom stereocenters. The van der Waals surface area contributed by atoms with Gasteiger partial charge in [0.05, 0.1) is 5.39 Å². The first-order valence-electron chi connectivity index (χ1n) is 6.67. The molecule has 0 unspecified atom stereocenters. The Bertz CT molecular complexity index is 654. The Morgan fingerprint density at radius 3 is 2.84 bits per heavy atom. The normalized spacial score (nSPS) is 16.2. The Labute approximate surface area is 115 Å². The monoisotopic (exact) mass is 278 g/mol. The molecule has 1 saturated heterocycles. The number of hydrogen-bond donors (Lipinski definition) is 1. The average Bonchev–Trinajstić information content (AvgIpc) is 2.80. The number of hydrogen-bond acceptors (Lipinski definition) is 5. The van der Waals surface area contributed by atoms with Crippen molar-refractivity contribution in [1.29, 1.82) is 0 Å². The molecule has 6 heteroatoms. The highest BCUT2D eigenvalue weighted by Gasteiger charge is 2.18. The Morgan fingerprint density at radius 2 is 2.16 bits per heavy atom. The quantitative estimate of drug-likeness (QED) is 0.897. The first-order valence-corrected chi connectivity index (χ1v) is 7.49. The van der Waals surface area contributed by atoms with Crippen LogP contribution < -0.4 is 15.8 Å². The number of nitrogens with zero attached hydrogens (tertiary/aromatic N) is 3. The van der Waals surface area contributed by atoms with E-state index >= 15 is 0 Å². The van der Waals surface area contributed by atoms with Gasteiger partial charge in [0.15, 0.2) is 0 Å². The van der Waals surface area contributed by atoms with Crippen LogP contribution in [0.4, 0.5) is 5.95 Å². The molecule has 5 nitrogen and oxygen atoms in total. The van der Waals surface area contributed by atoms with Crippen LogP contribution in [0.2, 0.25) is 0 Å². The first kappa shape index (κ1) is 12.6. The second-order valence-electron chi connectivity index (χ2n) is 4.77. The van der Waals surface area contributed by atoms with Gasteiger partial charge in [0.1, 0.15) is 4.83 Å². The van der Waals surface area contributed by atoms with E-state index in [-0.39, 0.29) is 5.56 Å². The van der Waals surface area contributed by atoms with Crippen LogP contribution in [0.15, 0.2) is 10.9 Å². The predicted molar refractivity (Wildman–Crippen MR) is 79.4 cm³/mol. The largest absolute Gasteiger partial charge is 0.340 e. The lowest BCUT2D eigenvalue weighted by molar-refractivity contribution is 0.561. The third-order valence-corrected chi connectivity index (χ3v) is 4.41. The highest BCUT2D eigenvalue weighted by Crippen LogP contribution is 2.23. The molecule has 19 heavy (non-hydrogen) atoms. The fraction of sp³-hybridized carbons (Fsp3) is 0.538. The summed E-state index contributed by atoms with van der Waals surface area (Å²) in [5.74, 6) is 0.823. The highest BCUT2D eigenvalue weighted by atomic mass is 32.1. The van der Waals surface area contributed by atoms with Gasteiger partial charge in [0.2, 0.25) is 5.95 Å². The summed E-state index contributed by atoms with van der Waals surface area (Å²) in [6, 6.07) is 1.95. The van der Waals surface area contributed by atoms with E-state index in [1.54, 1.807) is 15.9 Å². The van der Waals surface area contributed by atoms with E-state index < -0.39 is 0 Å². The fourth-order valence-electron chi connectivity index (χ4n) is 2.52. The van der Waals surface area contributed by atoms with Crippen LogP contribution >= 0.6 is 11.3 Å². The van der Waals surface area contributed by atoms with Gasteiger partial charge in [-0.2, -0.15) is 0 Å². The fourth-order valence-corrected chi connectivity index (χ4v) is 3.38. The van der Waals surface area contributed by atoms with Crippen molar-refractivity contribution in [3.8, 4) is 0 Å². The number of fused-ring (bicyclic) bond motifs is 1. The molecule has 3 rings (SSSR count). The van der Waals surface area contributed by atoms with Gasteiger partial charge < -0.3 is 10.2 Å². The molecule has 1 fully saturated rings. The Hall–Kier alpha value is -1.40. The standard InChI is InChI=1S/C13H18N4OS/c1-3-17-12(18)10-8-9(2)19-11(10)15-13(17)16-6-4-14-5-7-16/h8,14H,3-7H2,1-2H3. The minimum atomic E-state index is 0.0883. The summed E-state index contributed by atoms with van der Waals surface area (Å²) in [4.78, 5) is 21.5. The van der Waals surface area contributed by atoms with Crippen LogP contribution in [-0.2, 0) is 6.54 Å². The van der Waals surface area contributed by atoms with E-state index in [1.165, 1.54) is 0 Å². The van der Waals surface area contributed by atoms with Crippen molar-refractivity contribution < 1.29 is 0 Å². The molecule has 3 heterocycles. The number of thiophene rings is 1. The molecular formula is C13H18N4OS. The lowest BCUT2D eigenvalue weighted by Gasteiger charge is -2.29. The van der Waals surface area contributed by atoms with Crippen molar-refractivity contribution in [1.82, 2.24) is 14.9 Å². The average molecular weight is 278 g/mol. The van der Waals surface area contributed by atoms with Crippen LogP contribution in [0.3, 0.4) is 0 Å². The van der Waals surface area contributed by atoms with Crippen molar-refractivity contribution in [2.45, 2.75) is 20.4 Å². The van der Waals surface area contributed by atoms with Crippen molar-refractivity contribution in [2.24, 2.45) is 0 Å². The summed E-state index contributed by atoms with van der Waals surface area (Å²) < 4.78 is 1.79. The zero-order valence-corrected chi connectivity index (χ0v) is 12.1. The summed E-state index contributed by atoms with van der Waals surface area (Å²) in [6.07, 6.45) is 0. The third kappa shape index (κ3) is 2.15. The van der Waals surface area contributed by atoms with Gasteiger partial charge in [-0.1, -0.05) is 0 Å². The van der Waals surface area contributed by atoms with Gasteiger partial charge in [0, 0.05) is 37.6 Å². The number of aryl methyl sites for hydroxylation is 1. The van der Waals surface area contributed by atoms with E-state index in [4.69, 9.17) is 4.98 Å². The molecular weight excluding hydrogens is 260 g/mol. The third-order valence-electron chi connectivity index (χ3n) is 3.47. The van der Waals surface area contributed by atoms with Gasteiger partial charge in [-0.05, 0) is 19.9 Å². The molecule has 0 aromatic carbocycles. The summed E-state index contributed by atoms with van der Waals surface area (Å²) in [6.45, 7) is 8.38. The zero-order chi connectivity index (χ0) is 13.4. The Morgan fingerprint density at radius 1 is 1.42 bits per heavy atom. The van der Waals surface area contributed by atoms with Crippen LogP contribution in [0.25, 0.3) is 10.2 Å².